The number of benzene rings is 1. The molecule has 0 fully saturated rings. The molecule has 0 aromatic heterocycles. The number of nitrogen functional groups attached to an aromatic ring is 1. The number of hydrogen-bond donors (Lipinski definition) is 2. The van der Waals surface area contributed by atoms with Crippen LogP contribution in [0.25, 0.3) is 0 Å². The molecule has 0 heterocycles. The van der Waals surface area contributed by atoms with Crippen LogP contribution >= 0.6 is 0 Å². The van der Waals surface area contributed by atoms with Gasteiger partial charge in [0.2, 0.25) is 0 Å². The van der Waals surface area contributed by atoms with E-state index >= 15 is 0 Å². The van der Waals surface area contributed by atoms with E-state index in [0.717, 1.165) is 0 Å². The number of carbonyl (C=O) groups is 1. The Morgan fingerprint density at radius 1 is 1.38 bits per heavy atom. The first-order valence-electron chi connectivity index (χ1n) is 3.33. The van der Waals surface area contributed by atoms with Gasteiger partial charge in [0.05, 0.1) is 0 Å². The van der Waals surface area contributed by atoms with E-state index < -0.39 is 5.97 Å². The zero-order valence-electron chi connectivity index (χ0n) is 7.08. The first kappa shape index (κ1) is 12.3. The minimum absolute atomic E-state index is 0. The van der Waals surface area contributed by atoms with Gasteiger partial charge in [-0.2, -0.15) is 0 Å². The number of hydrogen-bond acceptors (Lipinski definition) is 2. The second kappa shape index (κ2) is 4.54. The molecule has 67 valence electrons. The van der Waals surface area contributed by atoms with Crippen LogP contribution in [0, 0.1) is 13.8 Å². The summed E-state index contributed by atoms with van der Waals surface area (Å²) in [5, 5.41) is 8.72. The molecule has 0 aliphatic heterocycles. The third kappa shape index (κ3) is 2.39. The molecular formula is C9H9NO2Y-2. The fourth-order valence-electron chi connectivity index (χ4n) is 0.962. The van der Waals surface area contributed by atoms with Crippen molar-refractivity contribution in [2.75, 3.05) is 5.73 Å². The van der Waals surface area contributed by atoms with E-state index in [4.69, 9.17) is 10.8 Å². The third-order valence-electron chi connectivity index (χ3n) is 1.66. The van der Waals surface area contributed by atoms with Crippen LogP contribution in [0.2, 0.25) is 0 Å². The van der Waals surface area contributed by atoms with E-state index in [1.165, 1.54) is 6.07 Å². The average molecular weight is 252 g/mol. The first-order chi connectivity index (χ1) is 5.54. The molecule has 3 N–H and O–H groups in total. The summed E-state index contributed by atoms with van der Waals surface area (Å²) < 4.78 is 0. The molecule has 13 heavy (non-hydrogen) atoms. The Morgan fingerprint density at radius 2 is 1.92 bits per heavy atom. The number of aromatic carboxylic acids is 1. The van der Waals surface area contributed by atoms with Gasteiger partial charge in [0, 0.05) is 32.7 Å². The molecule has 1 rings (SSSR count). The Balaban J connectivity index is 0.00000144. The van der Waals surface area contributed by atoms with Crippen molar-refractivity contribution in [2.45, 2.75) is 0 Å². The SMILES string of the molecule is [CH2-]c1ccc(N)c(C(=O)O)c1[CH2-].[Y]. The molecular weight excluding hydrogens is 243 g/mol. The summed E-state index contributed by atoms with van der Waals surface area (Å²) in [6, 6.07) is 3.16. The van der Waals surface area contributed by atoms with E-state index in [2.05, 4.69) is 13.8 Å². The Labute approximate surface area is 102 Å². The van der Waals surface area contributed by atoms with E-state index in [9.17, 15) is 4.79 Å². The fraction of sp³-hybridized carbons (Fsp3) is 0. The van der Waals surface area contributed by atoms with Gasteiger partial charge in [-0.3, -0.25) is 29.8 Å². The average Bonchev–Trinajstić information content (AvgIpc) is 1.97. The van der Waals surface area contributed by atoms with Gasteiger partial charge < -0.3 is 10.8 Å². The van der Waals surface area contributed by atoms with E-state index in [-0.39, 0.29) is 44.0 Å². The van der Waals surface area contributed by atoms with Crippen molar-refractivity contribution < 1.29 is 42.6 Å². The topological polar surface area (TPSA) is 63.3 Å². The van der Waals surface area contributed by atoms with Gasteiger partial charge in [0.25, 0.3) is 5.97 Å². The van der Waals surface area contributed by atoms with Gasteiger partial charge in [0.1, 0.15) is 0 Å². The summed E-state index contributed by atoms with van der Waals surface area (Å²) in [5.41, 5.74) is 6.67. The van der Waals surface area contributed by atoms with Crippen LogP contribution in [0.1, 0.15) is 21.5 Å². The van der Waals surface area contributed by atoms with Crippen LogP contribution in [0.4, 0.5) is 5.69 Å². The second-order valence-corrected chi connectivity index (χ2v) is 2.47. The predicted molar refractivity (Wildman–Crippen MR) is 46.7 cm³/mol. The van der Waals surface area contributed by atoms with Crippen molar-refractivity contribution in [1.29, 1.82) is 0 Å². The maximum Gasteiger partial charge on any atom is 0.269 e. The number of carboxylic acid groups (broad SMARTS) is 1. The van der Waals surface area contributed by atoms with Crippen molar-refractivity contribution in [1.82, 2.24) is 0 Å². The molecule has 0 aliphatic carbocycles. The quantitative estimate of drug-likeness (QED) is 0.585. The Kier molecular flexibility index (Phi) is 4.30. The number of nitrogens with two attached hydrogens (primary N) is 1. The zero-order valence-corrected chi connectivity index (χ0v) is 9.92. The zero-order chi connectivity index (χ0) is 9.30. The van der Waals surface area contributed by atoms with Crippen LogP contribution in [-0.2, 0) is 32.7 Å². The van der Waals surface area contributed by atoms with Crippen molar-refractivity contribution in [2.24, 2.45) is 0 Å². The van der Waals surface area contributed by atoms with Gasteiger partial charge in [-0.1, -0.05) is 5.56 Å². The first-order valence-corrected chi connectivity index (χ1v) is 3.33. The van der Waals surface area contributed by atoms with Crippen molar-refractivity contribution in [3.05, 3.63) is 42.7 Å². The van der Waals surface area contributed by atoms with Crippen molar-refractivity contribution in [3.8, 4) is 0 Å². The molecule has 0 amide bonds. The van der Waals surface area contributed by atoms with E-state index in [0.29, 0.717) is 11.1 Å². The Morgan fingerprint density at radius 3 is 2.31 bits per heavy atom. The van der Waals surface area contributed by atoms with Gasteiger partial charge in [-0.15, -0.1) is 6.07 Å². The van der Waals surface area contributed by atoms with Crippen LogP contribution in [0.3, 0.4) is 0 Å². The largest absolute Gasteiger partial charge is 0.488 e. The van der Waals surface area contributed by atoms with Gasteiger partial charge in [-0.05, 0) is 5.69 Å². The summed E-state index contributed by atoms with van der Waals surface area (Å²) in [4.78, 5) is 10.6. The van der Waals surface area contributed by atoms with E-state index in [1.807, 2.05) is 0 Å². The molecule has 0 bridgehead atoms. The molecule has 0 saturated carbocycles. The van der Waals surface area contributed by atoms with Crippen LogP contribution in [0.5, 0.6) is 0 Å². The fourth-order valence-corrected chi connectivity index (χ4v) is 0.962. The monoisotopic (exact) mass is 252 g/mol. The maximum absolute atomic E-state index is 10.6. The molecule has 0 spiro atoms. The molecule has 3 nitrogen and oxygen atoms in total. The normalized spacial score (nSPS) is 8.92. The molecule has 0 saturated heterocycles. The number of anilines is 1. The summed E-state index contributed by atoms with van der Waals surface area (Å²) >= 11 is 0. The van der Waals surface area contributed by atoms with Crippen LogP contribution < -0.4 is 5.73 Å². The molecule has 4 heteroatoms. The Bertz CT molecular complexity index is 337. The minimum atomic E-state index is -1.07. The molecule has 0 atom stereocenters. The van der Waals surface area contributed by atoms with E-state index in [1.54, 1.807) is 6.07 Å². The van der Waals surface area contributed by atoms with Gasteiger partial charge >= 0.3 is 0 Å². The second-order valence-electron chi connectivity index (χ2n) is 2.47. The minimum Gasteiger partial charge on any atom is -0.488 e. The van der Waals surface area contributed by atoms with Crippen LogP contribution in [-0.4, -0.2) is 11.1 Å². The standard InChI is InChI=1S/C9H9NO2.Y/c1-5-3-4-7(10)8(6(5)2)9(11)12;/h3-4H,1-2,10H2,(H,11,12);/q-2;. The molecule has 0 unspecified atom stereocenters. The predicted octanol–water partition coefficient (Wildman–Crippen LogP) is 1.33. The summed E-state index contributed by atoms with van der Waals surface area (Å²) in [7, 11) is 0. The summed E-state index contributed by atoms with van der Waals surface area (Å²) in [6.45, 7) is 7.20. The number of carboxylic acids is 1. The van der Waals surface area contributed by atoms with Crippen molar-refractivity contribution in [3.63, 3.8) is 0 Å². The summed E-state index contributed by atoms with van der Waals surface area (Å²) in [6.07, 6.45) is 0. The maximum atomic E-state index is 10.6. The van der Waals surface area contributed by atoms with Crippen molar-refractivity contribution >= 4 is 11.7 Å². The third-order valence-corrected chi connectivity index (χ3v) is 1.66. The number of rotatable bonds is 1. The smallest absolute Gasteiger partial charge is 0.269 e. The van der Waals surface area contributed by atoms with Gasteiger partial charge in [-0.25, -0.2) is 6.07 Å². The molecule has 1 aromatic carbocycles. The Hall–Kier alpha value is -0.666. The molecule has 1 aromatic rings. The van der Waals surface area contributed by atoms with Gasteiger partial charge in [0.15, 0.2) is 0 Å². The summed E-state index contributed by atoms with van der Waals surface area (Å²) in [5.74, 6) is -1.07. The molecule has 1 radical (unpaired) electrons. The molecule has 0 aliphatic rings. The van der Waals surface area contributed by atoms with Crippen LogP contribution in [0.15, 0.2) is 12.1 Å².